The lowest BCUT2D eigenvalue weighted by Gasteiger charge is -2.08. The average Bonchev–Trinajstić information content (AvgIpc) is 3.47. The molecule has 0 aliphatic carbocycles. The van der Waals surface area contributed by atoms with Gasteiger partial charge in [0.25, 0.3) is 5.91 Å². The van der Waals surface area contributed by atoms with Crippen molar-refractivity contribution in [3.63, 3.8) is 0 Å². The van der Waals surface area contributed by atoms with Gasteiger partial charge in [-0.25, -0.2) is 4.98 Å². The Morgan fingerprint density at radius 3 is 2.75 bits per heavy atom. The Kier molecular flexibility index (Phi) is 5.36. The summed E-state index contributed by atoms with van der Waals surface area (Å²) in [6, 6.07) is 17.6. The largest absolute Gasteiger partial charge is 0.495 e. The van der Waals surface area contributed by atoms with Crippen LogP contribution in [0.25, 0.3) is 31.7 Å². The number of thiophene rings is 1. The van der Waals surface area contributed by atoms with E-state index >= 15 is 0 Å². The molecular formula is C25H21N3O2S2. The highest BCUT2D eigenvalue weighted by molar-refractivity contribution is 7.16. The Morgan fingerprint density at radius 2 is 2.00 bits per heavy atom. The zero-order chi connectivity index (χ0) is 22.2. The lowest BCUT2D eigenvalue weighted by Crippen LogP contribution is -2.16. The molecule has 0 radical (unpaired) electrons. The van der Waals surface area contributed by atoms with Crippen LogP contribution in [0.3, 0.4) is 0 Å². The molecule has 7 heteroatoms. The molecule has 0 fully saturated rings. The molecule has 0 aliphatic rings. The van der Waals surface area contributed by atoms with Crippen molar-refractivity contribution in [3.8, 4) is 16.3 Å². The number of ether oxygens (including phenoxy) is 1. The number of carbonyl (C=O) groups is 1. The quantitative estimate of drug-likeness (QED) is 0.328. The molecule has 2 aromatic carbocycles. The standard InChI is InChI=1S/C25H21N3O2S2/c1-4-28-22-20(30-3)12-11-15(2)23(22)32-25(28)27-24(29)17-14-19(21-10-7-13-31-21)26-18-9-6-5-8-16(17)18/h5-14H,4H2,1-3H3. The molecule has 160 valence electrons. The summed E-state index contributed by atoms with van der Waals surface area (Å²) in [6.07, 6.45) is 0. The first kappa shape index (κ1) is 20.6. The number of pyridine rings is 1. The number of aromatic nitrogens is 2. The first-order valence-electron chi connectivity index (χ1n) is 10.3. The van der Waals surface area contributed by atoms with Crippen LogP contribution in [0.5, 0.6) is 5.75 Å². The number of carbonyl (C=O) groups excluding carboxylic acids is 1. The Bertz CT molecular complexity index is 1530. The number of hydrogen-bond donors (Lipinski definition) is 0. The van der Waals surface area contributed by atoms with E-state index in [1.165, 1.54) is 11.3 Å². The monoisotopic (exact) mass is 459 g/mol. The number of amides is 1. The van der Waals surface area contributed by atoms with E-state index in [0.717, 1.165) is 43.0 Å². The summed E-state index contributed by atoms with van der Waals surface area (Å²) in [5, 5.41) is 2.81. The van der Waals surface area contributed by atoms with E-state index in [-0.39, 0.29) is 5.91 Å². The second kappa shape index (κ2) is 8.33. The fourth-order valence-electron chi connectivity index (χ4n) is 3.87. The molecule has 5 rings (SSSR count). The van der Waals surface area contributed by atoms with Gasteiger partial charge in [-0.05, 0) is 49.1 Å². The molecule has 0 N–H and O–H groups in total. The summed E-state index contributed by atoms with van der Waals surface area (Å²) in [5.41, 5.74) is 4.24. The lowest BCUT2D eigenvalue weighted by atomic mass is 10.1. The van der Waals surface area contributed by atoms with Crippen molar-refractivity contribution in [2.75, 3.05) is 7.11 Å². The average molecular weight is 460 g/mol. The number of para-hydroxylation sites is 1. The number of fused-ring (bicyclic) bond motifs is 2. The van der Waals surface area contributed by atoms with Crippen LogP contribution in [-0.2, 0) is 6.54 Å². The Morgan fingerprint density at radius 1 is 1.16 bits per heavy atom. The Hall–Kier alpha value is -3.29. The van der Waals surface area contributed by atoms with Gasteiger partial charge in [0.2, 0.25) is 0 Å². The normalized spacial score (nSPS) is 12.0. The zero-order valence-corrected chi connectivity index (χ0v) is 19.6. The molecule has 3 aromatic heterocycles. The third-order valence-electron chi connectivity index (χ3n) is 5.44. The molecule has 32 heavy (non-hydrogen) atoms. The summed E-state index contributed by atoms with van der Waals surface area (Å²) < 4.78 is 8.72. The molecule has 1 amide bonds. The molecule has 0 atom stereocenters. The Balaban J connectivity index is 1.74. The predicted molar refractivity (Wildman–Crippen MR) is 132 cm³/mol. The number of aryl methyl sites for hydroxylation is 2. The van der Waals surface area contributed by atoms with Gasteiger partial charge >= 0.3 is 0 Å². The van der Waals surface area contributed by atoms with E-state index < -0.39 is 0 Å². The highest BCUT2D eigenvalue weighted by Gasteiger charge is 2.17. The minimum absolute atomic E-state index is 0.271. The van der Waals surface area contributed by atoms with Crippen molar-refractivity contribution in [2.24, 2.45) is 4.99 Å². The van der Waals surface area contributed by atoms with E-state index in [0.29, 0.717) is 16.9 Å². The molecule has 0 aliphatic heterocycles. The van der Waals surface area contributed by atoms with Gasteiger partial charge in [-0.1, -0.05) is 41.7 Å². The smallest absolute Gasteiger partial charge is 0.280 e. The van der Waals surface area contributed by atoms with Crippen molar-refractivity contribution in [2.45, 2.75) is 20.4 Å². The summed E-state index contributed by atoms with van der Waals surface area (Å²) in [4.78, 5) is 24.6. The number of rotatable bonds is 4. The number of nitrogens with zero attached hydrogens (tertiary/aromatic N) is 3. The van der Waals surface area contributed by atoms with Crippen molar-refractivity contribution in [1.82, 2.24) is 9.55 Å². The Labute approximate surface area is 193 Å². The van der Waals surface area contributed by atoms with Crippen molar-refractivity contribution < 1.29 is 9.53 Å². The third kappa shape index (κ3) is 3.43. The summed E-state index contributed by atoms with van der Waals surface area (Å²) in [6.45, 7) is 4.80. The summed E-state index contributed by atoms with van der Waals surface area (Å²) in [5.74, 6) is 0.513. The highest BCUT2D eigenvalue weighted by atomic mass is 32.1. The van der Waals surface area contributed by atoms with E-state index in [4.69, 9.17) is 9.72 Å². The van der Waals surface area contributed by atoms with Gasteiger partial charge in [-0.3, -0.25) is 4.79 Å². The maximum absolute atomic E-state index is 13.5. The minimum atomic E-state index is -0.271. The van der Waals surface area contributed by atoms with Crippen LogP contribution >= 0.6 is 22.7 Å². The van der Waals surface area contributed by atoms with Crippen LogP contribution in [0.2, 0.25) is 0 Å². The van der Waals surface area contributed by atoms with Gasteiger partial charge in [-0.2, -0.15) is 4.99 Å². The van der Waals surface area contributed by atoms with Crippen LogP contribution in [0.1, 0.15) is 22.8 Å². The molecule has 0 spiro atoms. The molecule has 0 saturated carbocycles. The summed E-state index contributed by atoms with van der Waals surface area (Å²) >= 11 is 3.12. The number of hydrogen-bond acceptors (Lipinski definition) is 5. The van der Waals surface area contributed by atoms with E-state index in [9.17, 15) is 4.79 Å². The van der Waals surface area contributed by atoms with Gasteiger partial charge in [-0.15, -0.1) is 11.3 Å². The maximum atomic E-state index is 13.5. The maximum Gasteiger partial charge on any atom is 0.280 e. The van der Waals surface area contributed by atoms with Gasteiger partial charge < -0.3 is 9.30 Å². The van der Waals surface area contributed by atoms with E-state index in [1.807, 2.05) is 71.5 Å². The van der Waals surface area contributed by atoms with Gasteiger partial charge in [0.1, 0.15) is 11.3 Å². The second-order valence-corrected chi connectivity index (χ2v) is 9.28. The van der Waals surface area contributed by atoms with Crippen LogP contribution in [0, 0.1) is 6.92 Å². The van der Waals surface area contributed by atoms with Crippen LogP contribution < -0.4 is 9.54 Å². The van der Waals surface area contributed by atoms with Crippen LogP contribution in [0.4, 0.5) is 0 Å². The minimum Gasteiger partial charge on any atom is -0.495 e. The first-order valence-corrected chi connectivity index (χ1v) is 12.0. The molecule has 0 unspecified atom stereocenters. The third-order valence-corrected chi connectivity index (χ3v) is 7.55. The molecule has 3 heterocycles. The van der Waals surface area contributed by atoms with E-state index in [1.54, 1.807) is 18.4 Å². The fourth-order valence-corrected chi connectivity index (χ4v) is 5.74. The van der Waals surface area contributed by atoms with Crippen molar-refractivity contribution in [1.29, 1.82) is 0 Å². The fraction of sp³-hybridized carbons (Fsp3) is 0.160. The lowest BCUT2D eigenvalue weighted by molar-refractivity contribution is 0.0999. The van der Waals surface area contributed by atoms with Gasteiger partial charge in [0.05, 0.1) is 33.5 Å². The number of thiazole rings is 1. The predicted octanol–water partition coefficient (Wildman–Crippen LogP) is 6.06. The van der Waals surface area contributed by atoms with Gasteiger partial charge in [0, 0.05) is 11.9 Å². The summed E-state index contributed by atoms with van der Waals surface area (Å²) in [7, 11) is 1.67. The number of benzene rings is 2. The highest BCUT2D eigenvalue weighted by Crippen LogP contribution is 2.31. The molecule has 5 nitrogen and oxygen atoms in total. The zero-order valence-electron chi connectivity index (χ0n) is 18.0. The van der Waals surface area contributed by atoms with Gasteiger partial charge in [0.15, 0.2) is 4.80 Å². The van der Waals surface area contributed by atoms with Crippen molar-refractivity contribution >= 4 is 49.7 Å². The second-order valence-electron chi connectivity index (χ2n) is 7.36. The van der Waals surface area contributed by atoms with Crippen molar-refractivity contribution in [3.05, 3.63) is 75.9 Å². The molecule has 5 aromatic rings. The first-order chi connectivity index (χ1) is 15.6. The molecule has 0 bridgehead atoms. The van der Waals surface area contributed by atoms with Crippen LogP contribution in [-0.4, -0.2) is 22.6 Å². The SMILES string of the molecule is CCn1c(=NC(=O)c2cc(-c3cccs3)nc3ccccc23)sc2c(C)ccc(OC)c21. The molecular weight excluding hydrogens is 438 g/mol. The molecule has 0 saturated heterocycles. The van der Waals surface area contributed by atoms with E-state index in [2.05, 4.69) is 11.9 Å². The number of methoxy groups -OCH3 is 1. The topological polar surface area (TPSA) is 56.5 Å². The van der Waals surface area contributed by atoms with Crippen LogP contribution in [0.15, 0.2) is 65.0 Å².